The van der Waals surface area contributed by atoms with E-state index in [0.29, 0.717) is 0 Å². The van der Waals surface area contributed by atoms with Crippen LogP contribution in [0.5, 0.6) is 0 Å². The molecule has 1 aliphatic carbocycles. The lowest BCUT2D eigenvalue weighted by molar-refractivity contribution is 0.118. The van der Waals surface area contributed by atoms with Gasteiger partial charge in [0.05, 0.1) is 6.10 Å². The Balaban J connectivity index is 1.55. The van der Waals surface area contributed by atoms with Crippen LogP contribution in [-0.2, 0) is 0 Å². The van der Waals surface area contributed by atoms with Crippen LogP contribution in [0.15, 0.2) is 18.2 Å². The number of nitrogens with zero attached hydrogens (tertiary/aromatic N) is 1. The number of carbonyl (C=O) groups is 1. The predicted octanol–water partition coefficient (Wildman–Crippen LogP) is 3.02. The van der Waals surface area contributed by atoms with E-state index in [1.807, 2.05) is 13.0 Å². The first-order valence-corrected chi connectivity index (χ1v) is 8.73. The number of benzene rings is 1. The summed E-state index contributed by atoms with van der Waals surface area (Å²) in [5.41, 5.74) is 3.19. The number of nitrogens with one attached hydrogen (secondary N) is 2. The lowest BCUT2D eigenvalue weighted by Gasteiger charge is -2.26. The first kappa shape index (κ1) is 16.1. The number of aliphatic hydroxyl groups is 1. The minimum atomic E-state index is -0.198. The zero-order valence-corrected chi connectivity index (χ0v) is 13.8. The molecule has 2 amide bonds. The Bertz CT molecular complexity index is 547. The molecule has 2 fully saturated rings. The quantitative estimate of drug-likeness (QED) is 0.803. The summed E-state index contributed by atoms with van der Waals surface area (Å²) in [6.07, 6.45) is 5.57. The fourth-order valence-electron chi connectivity index (χ4n) is 3.52. The molecule has 3 rings (SSSR count). The van der Waals surface area contributed by atoms with Gasteiger partial charge in [0.25, 0.3) is 0 Å². The smallest absolute Gasteiger partial charge is 0.319 e. The van der Waals surface area contributed by atoms with Crippen molar-refractivity contribution in [2.45, 2.75) is 57.6 Å². The van der Waals surface area contributed by atoms with E-state index in [1.54, 1.807) is 0 Å². The van der Waals surface area contributed by atoms with Crippen LogP contribution in [0.4, 0.5) is 16.2 Å². The summed E-state index contributed by atoms with van der Waals surface area (Å²) in [5.74, 6) is 0. The minimum Gasteiger partial charge on any atom is -0.393 e. The lowest BCUT2D eigenvalue weighted by atomic mass is 9.93. The summed E-state index contributed by atoms with van der Waals surface area (Å²) in [7, 11) is 0. The molecule has 3 N–H and O–H groups in total. The van der Waals surface area contributed by atoms with Gasteiger partial charge in [0.15, 0.2) is 0 Å². The van der Waals surface area contributed by atoms with Gasteiger partial charge in [-0.2, -0.15) is 0 Å². The van der Waals surface area contributed by atoms with E-state index in [-0.39, 0.29) is 18.2 Å². The average molecular weight is 317 g/mol. The van der Waals surface area contributed by atoms with Crippen LogP contribution in [-0.4, -0.2) is 36.4 Å². The van der Waals surface area contributed by atoms with Gasteiger partial charge in [-0.25, -0.2) is 4.79 Å². The molecule has 1 aromatic rings. The van der Waals surface area contributed by atoms with Crippen LogP contribution in [0.2, 0.25) is 0 Å². The van der Waals surface area contributed by atoms with Crippen molar-refractivity contribution in [1.29, 1.82) is 0 Å². The van der Waals surface area contributed by atoms with E-state index in [9.17, 15) is 9.90 Å². The van der Waals surface area contributed by atoms with Crippen molar-refractivity contribution < 1.29 is 9.90 Å². The maximum Gasteiger partial charge on any atom is 0.319 e. The summed E-state index contributed by atoms with van der Waals surface area (Å²) in [5, 5.41) is 15.5. The zero-order valence-electron chi connectivity index (χ0n) is 13.8. The second kappa shape index (κ2) is 7.21. The number of hydrogen-bond donors (Lipinski definition) is 3. The molecule has 1 saturated carbocycles. The van der Waals surface area contributed by atoms with E-state index in [0.717, 1.165) is 50.0 Å². The number of carbonyl (C=O) groups excluding carboxylic acids is 1. The monoisotopic (exact) mass is 317 g/mol. The molecule has 0 spiro atoms. The molecule has 2 aliphatic rings. The second-order valence-corrected chi connectivity index (χ2v) is 6.80. The molecule has 0 aromatic heterocycles. The van der Waals surface area contributed by atoms with Crippen LogP contribution in [0.3, 0.4) is 0 Å². The van der Waals surface area contributed by atoms with E-state index in [2.05, 4.69) is 27.7 Å². The highest BCUT2D eigenvalue weighted by atomic mass is 16.3. The zero-order chi connectivity index (χ0) is 16.2. The van der Waals surface area contributed by atoms with Crippen molar-refractivity contribution in [3.63, 3.8) is 0 Å². The summed E-state index contributed by atoms with van der Waals surface area (Å²) in [4.78, 5) is 14.6. The van der Waals surface area contributed by atoms with Crippen molar-refractivity contribution in [1.82, 2.24) is 5.32 Å². The fourth-order valence-corrected chi connectivity index (χ4v) is 3.52. The number of anilines is 2. The van der Waals surface area contributed by atoms with Gasteiger partial charge < -0.3 is 20.6 Å². The van der Waals surface area contributed by atoms with Crippen molar-refractivity contribution in [2.24, 2.45) is 0 Å². The van der Waals surface area contributed by atoms with Gasteiger partial charge in [0, 0.05) is 30.5 Å². The summed E-state index contributed by atoms with van der Waals surface area (Å²) >= 11 is 0. The Kier molecular flexibility index (Phi) is 5.06. The van der Waals surface area contributed by atoms with Crippen molar-refractivity contribution in [3.8, 4) is 0 Å². The molecule has 0 bridgehead atoms. The number of amides is 2. The minimum absolute atomic E-state index is 0.150. The standard InChI is InChI=1S/C18H27N3O2/c1-13-12-15(21-10-2-3-11-21)6-9-17(13)20-18(23)19-14-4-7-16(22)8-5-14/h6,9,12,14,16,22H,2-5,7-8,10-11H2,1H3,(H2,19,20,23). The van der Waals surface area contributed by atoms with Gasteiger partial charge in [-0.1, -0.05) is 0 Å². The fraction of sp³-hybridized carbons (Fsp3) is 0.611. The molecule has 1 saturated heterocycles. The highest BCUT2D eigenvalue weighted by molar-refractivity contribution is 5.90. The molecule has 0 unspecified atom stereocenters. The van der Waals surface area contributed by atoms with Gasteiger partial charge in [-0.05, 0) is 69.2 Å². The number of urea groups is 1. The molecule has 0 radical (unpaired) electrons. The normalized spacial score (nSPS) is 24.5. The molecule has 1 aromatic carbocycles. The molecule has 0 atom stereocenters. The third kappa shape index (κ3) is 4.16. The largest absolute Gasteiger partial charge is 0.393 e. The molecular formula is C18H27N3O2. The highest BCUT2D eigenvalue weighted by Gasteiger charge is 2.21. The highest BCUT2D eigenvalue weighted by Crippen LogP contribution is 2.25. The first-order chi connectivity index (χ1) is 11.1. The Morgan fingerprint density at radius 3 is 2.52 bits per heavy atom. The first-order valence-electron chi connectivity index (χ1n) is 8.73. The van der Waals surface area contributed by atoms with E-state index < -0.39 is 0 Å². The molecule has 5 heteroatoms. The van der Waals surface area contributed by atoms with Crippen molar-refractivity contribution in [2.75, 3.05) is 23.3 Å². The van der Waals surface area contributed by atoms with Crippen LogP contribution in [0.1, 0.15) is 44.1 Å². The van der Waals surface area contributed by atoms with Crippen LogP contribution < -0.4 is 15.5 Å². The summed E-state index contributed by atoms with van der Waals surface area (Å²) < 4.78 is 0. The van der Waals surface area contributed by atoms with Crippen LogP contribution >= 0.6 is 0 Å². The van der Waals surface area contributed by atoms with Gasteiger partial charge in [-0.3, -0.25) is 0 Å². The van der Waals surface area contributed by atoms with Crippen molar-refractivity contribution in [3.05, 3.63) is 23.8 Å². The Hall–Kier alpha value is -1.75. The molecule has 23 heavy (non-hydrogen) atoms. The van der Waals surface area contributed by atoms with Gasteiger partial charge >= 0.3 is 6.03 Å². The second-order valence-electron chi connectivity index (χ2n) is 6.80. The molecular weight excluding hydrogens is 290 g/mol. The number of aryl methyl sites for hydroxylation is 1. The van der Waals surface area contributed by atoms with Gasteiger partial charge in [0.1, 0.15) is 0 Å². The van der Waals surface area contributed by atoms with E-state index >= 15 is 0 Å². The third-order valence-electron chi connectivity index (χ3n) is 4.96. The average Bonchev–Trinajstić information content (AvgIpc) is 3.06. The maximum atomic E-state index is 12.2. The Morgan fingerprint density at radius 1 is 1.17 bits per heavy atom. The maximum absolute atomic E-state index is 12.2. The number of rotatable bonds is 3. The SMILES string of the molecule is Cc1cc(N2CCCC2)ccc1NC(=O)NC1CCC(O)CC1. The van der Waals surface area contributed by atoms with E-state index in [4.69, 9.17) is 0 Å². The predicted molar refractivity (Wildman–Crippen MR) is 93.0 cm³/mol. The Labute approximate surface area is 138 Å². The number of aliphatic hydroxyl groups excluding tert-OH is 1. The van der Waals surface area contributed by atoms with Gasteiger partial charge in [-0.15, -0.1) is 0 Å². The Morgan fingerprint density at radius 2 is 1.87 bits per heavy atom. The topological polar surface area (TPSA) is 64.6 Å². The van der Waals surface area contributed by atoms with Crippen LogP contribution in [0, 0.1) is 6.92 Å². The van der Waals surface area contributed by atoms with E-state index in [1.165, 1.54) is 18.5 Å². The van der Waals surface area contributed by atoms with Crippen LogP contribution in [0.25, 0.3) is 0 Å². The molecule has 1 aliphatic heterocycles. The summed E-state index contributed by atoms with van der Waals surface area (Å²) in [6.45, 7) is 4.28. The molecule has 126 valence electrons. The lowest BCUT2D eigenvalue weighted by Crippen LogP contribution is -2.41. The molecule has 5 nitrogen and oxygen atoms in total. The molecule has 1 heterocycles. The van der Waals surface area contributed by atoms with Crippen molar-refractivity contribution >= 4 is 17.4 Å². The summed E-state index contributed by atoms with van der Waals surface area (Å²) in [6, 6.07) is 6.25. The number of hydrogen-bond acceptors (Lipinski definition) is 3. The van der Waals surface area contributed by atoms with Gasteiger partial charge in [0.2, 0.25) is 0 Å². The third-order valence-corrected chi connectivity index (χ3v) is 4.96.